The molecule has 1 aliphatic heterocycles. The molecule has 1 aliphatic rings. The molecule has 0 bridgehead atoms. The van der Waals surface area contributed by atoms with Crippen molar-refractivity contribution in [1.82, 2.24) is 0 Å². The zero-order chi connectivity index (χ0) is 17.3. The molecule has 0 spiro atoms. The van der Waals surface area contributed by atoms with Gasteiger partial charge in [-0.3, -0.25) is 4.79 Å². The molecule has 0 radical (unpaired) electrons. The molecule has 2 aromatic rings. The minimum Gasteiger partial charge on any atom is -0.490 e. The maximum absolute atomic E-state index is 12.8. The average Bonchev–Trinajstić information content (AvgIpc) is 3.36. The number of hydrogen-bond acceptors (Lipinski definition) is 3. The third kappa shape index (κ3) is 3.85. The van der Waals surface area contributed by atoms with Crippen LogP contribution in [0.4, 0.5) is 0 Å². The van der Waals surface area contributed by atoms with Gasteiger partial charge in [-0.25, -0.2) is 0 Å². The summed E-state index contributed by atoms with van der Waals surface area (Å²) in [5, 5.41) is 0. The van der Waals surface area contributed by atoms with Crippen LogP contribution in [0, 0.1) is 6.92 Å². The summed E-state index contributed by atoms with van der Waals surface area (Å²) >= 11 is 0. The van der Waals surface area contributed by atoms with E-state index in [1.54, 1.807) is 0 Å². The van der Waals surface area contributed by atoms with Crippen LogP contribution in [0.25, 0.3) is 0 Å². The number of benzene rings is 2. The Bertz CT molecular complexity index is 735. The second-order valence-corrected chi connectivity index (χ2v) is 7.42. The molecular formula is C21H24O3. The third-order valence-electron chi connectivity index (χ3n) is 4.19. The van der Waals surface area contributed by atoms with E-state index in [0.29, 0.717) is 17.7 Å². The zero-order valence-corrected chi connectivity index (χ0v) is 14.8. The molecule has 1 saturated heterocycles. The summed E-state index contributed by atoms with van der Waals surface area (Å²) in [6.07, 6.45) is 0.215. The summed E-state index contributed by atoms with van der Waals surface area (Å²) in [4.78, 5) is 12.8. The van der Waals surface area contributed by atoms with E-state index in [-0.39, 0.29) is 17.3 Å². The summed E-state index contributed by atoms with van der Waals surface area (Å²) in [5.41, 5.74) is 3.48. The molecule has 0 aliphatic carbocycles. The van der Waals surface area contributed by atoms with Crippen LogP contribution in [0.3, 0.4) is 0 Å². The van der Waals surface area contributed by atoms with E-state index < -0.39 is 0 Å². The van der Waals surface area contributed by atoms with Gasteiger partial charge < -0.3 is 9.47 Å². The van der Waals surface area contributed by atoms with Crippen molar-refractivity contribution in [3.8, 4) is 5.75 Å². The van der Waals surface area contributed by atoms with Crippen molar-refractivity contribution in [3.63, 3.8) is 0 Å². The van der Waals surface area contributed by atoms with Crippen molar-refractivity contribution in [2.45, 2.75) is 39.2 Å². The van der Waals surface area contributed by atoms with Gasteiger partial charge in [0.2, 0.25) is 0 Å². The number of hydrogen-bond donors (Lipinski definition) is 0. The number of aryl methyl sites for hydroxylation is 1. The van der Waals surface area contributed by atoms with Gasteiger partial charge in [0.25, 0.3) is 0 Å². The van der Waals surface area contributed by atoms with Gasteiger partial charge in [0.15, 0.2) is 5.78 Å². The van der Waals surface area contributed by atoms with Crippen LogP contribution in [-0.4, -0.2) is 25.1 Å². The largest absolute Gasteiger partial charge is 0.490 e. The summed E-state index contributed by atoms with van der Waals surface area (Å²) < 4.78 is 11.1. The topological polar surface area (TPSA) is 38.8 Å². The second kappa shape index (κ2) is 6.40. The first-order valence-electron chi connectivity index (χ1n) is 8.35. The van der Waals surface area contributed by atoms with Crippen LogP contribution < -0.4 is 4.74 Å². The van der Waals surface area contributed by atoms with Crippen LogP contribution in [0.1, 0.15) is 47.8 Å². The van der Waals surface area contributed by atoms with Crippen molar-refractivity contribution < 1.29 is 14.3 Å². The smallest absolute Gasteiger partial charge is 0.193 e. The molecule has 24 heavy (non-hydrogen) atoms. The maximum Gasteiger partial charge on any atom is 0.193 e. The predicted molar refractivity (Wildman–Crippen MR) is 95.0 cm³/mol. The standard InChI is InChI=1S/C21H24O3/c1-14-5-7-15(8-6-14)20(22)16-9-10-19(24-13-17-12-23-17)18(11-16)21(2,3)4/h5-11,17H,12-13H2,1-4H3. The monoisotopic (exact) mass is 324 g/mol. The van der Waals surface area contributed by atoms with Crippen molar-refractivity contribution in [1.29, 1.82) is 0 Å². The fourth-order valence-electron chi connectivity index (χ4n) is 2.60. The number of carbonyl (C=O) groups excluding carboxylic acids is 1. The average molecular weight is 324 g/mol. The molecule has 1 fully saturated rings. The van der Waals surface area contributed by atoms with E-state index in [9.17, 15) is 4.79 Å². The molecule has 3 rings (SSSR count). The van der Waals surface area contributed by atoms with Gasteiger partial charge in [-0.1, -0.05) is 50.6 Å². The summed E-state index contributed by atoms with van der Waals surface area (Å²) in [7, 11) is 0. The van der Waals surface area contributed by atoms with E-state index in [4.69, 9.17) is 9.47 Å². The molecule has 3 nitrogen and oxygen atoms in total. The van der Waals surface area contributed by atoms with Crippen LogP contribution in [0.15, 0.2) is 42.5 Å². The first-order chi connectivity index (χ1) is 11.3. The Morgan fingerprint density at radius 3 is 2.33 bits per heavy atom. The quantitative estimate of drug-likeness (QED) is 0.608. The van der Waals surface area contributed by atoms with Gasteiger partial charge in [-0.15, -0.1) is 0 Å². The Morgan fingerprint density at radius 2 is 1.75 bits per heavy atom. The lowest BCUT2D eigenvalue weighted by molar-refractivity contribution is 0.103. The van der Waals surface area contributed by atoms with Crippen LogP contribution in [0.5, 0.6) is 5.75 Å². The highest BCUT2D eigenvalue weighted by Gasteiger charge is 2.26. The molecule has 0 aromatic heterocycles. The molecule has 0 N–H and O–H groups in total. The Hall–Kier alpha value is -2.13. The van der Waals surface area contributed by atoms with E-state index >= 15 is 0 Å². The Kier molecular flexibility index (Phi) is 4.46. The third-order valence-corrected chi connectivity index (χ3v) is 4.19. The summed E-state index contributed by atoms with van der Waals surface area (Å²) in [6, 6.07) is 13.4. The second-order valence-electron chi connectivity index (χ2n) is 7.42. The van der Waals surface area contributed by atoms with E-state index in [1.165, 1.54) is 0 Å². The molecule has 3 heteroatoms. The number of rotatable bonds is 5. The minimum atomic E-state index is -0.108. The molecule has 0 saturated carbocycles. The van der Waals surface area contributed by atoms with Gasteiger partial charge in [-0.2, -0.15) is 0 Å². The van der Waals surface area contributed by atoms with Crippen molar-refractivity contribution in [2.24, 2.45) is 0 Å². The fourth-order valence-corrected chi connectivity index (χ4v) is 2.60. The Labute approximate surface area is 143 Å². The van der Waals surface area contributed by atoms with Crippen LogP contribution in [-0.2, 0) is 10.2 Å². The Balaban J connectivity index is 1.90. The highest BCUT2D eigenvalue weighted by Crippen LogP contribution is 2.33. The number of epoxide rings is 1. The molecule has 1 unspecified atom stereocenters. The zero-order valence-electron chi connectivity index (χ0n) is 14.8. The molecule has 0 amide bonds. The minimum absolute atomic E-state index is 0.0394. The van der Waals surface area contributed by atoms with Gasteiger partial charge in [0.05, 0.1) is 6.61 Å². The fraction of sp³-hybridized carbons (Fsp3) is 0.381. The highest BCUT2D eigenvalue weighted by molar-refractivity contribution is 6.09. The van der Waals surface area contributed by atoms with Crippen molar-refractivity contribution in [3.05, 3.63) is 64.7 Å². The van der Waals surface area contributed by atoms with E-state index in [1.807, 2.05) is 49.4 Å². The number of ether oxygens (including phenoxy) is 2. The lowest BCUT2D eigenvalue weighted by atomic mass is 9.84. The lowest BCUT2D eigenvalue weighted by Crippen LogP contribution is -2.16. The van der Waals surface area contributed by atoms with E-state index in [2.05, 4.69) is 20.8 Å². The normalized spacial score (nSPS) is 16.8. The van der Waals surface area contributed by atoms with Crippen LogP contribution >= 0.6 is 0 Å². The van der Waals surface area contributed by atoms with Gasteiger partial charge in [-0.05, 0) is 30.5 Å². The molecular weight excluding hydrogens is 300 g/mol. The summed E-state index contributed by atoms with van der Waals surface area (Å²) in [6.45, 7) is 9.74. The number of carbonyl (C=O) groups is 1. The lowest BCUT2D eigenvalue weighted by Gasteiger charge is -2.23. The van der Waals surface area contributed by atoms with Crippen molar-refractivity contribution >= 4 is 5.78 Å². The summed E-state index contributed by atoms with van der Waals surface area (Å²) in [5.74, 6) is 0.871. The van der Waals surface area contributed by atoms with Gasteiger partial charge >= 0.3 is 0 Å². The predicted octanol–water partition coefficient (Wildman–Crippen LogP) is 4.30. The van der Waals surface area contributed by atoms with Gasteiger partial charge in [0.1, 0.15) is 18.5 Å². The molecule has 2 aromatic carbocycles. The van der Waals surface area contributed by atoms with Crippen LogP contribution in [0.2, 0.25) is 0 Å². The maximum atomic E-state index is 12.8. The molecule has 126 valence electrons. The van der Waals surface area contributed by atoms with Crippen molar-refractivity contribution in [2.75, 3.05) is 13.2 Å². The molecule has 1 atom stereocenters. The first-order valence-corrected chi connectivity index (χ1v) is 8.35. The molecule has 1 heterocycles. The Morgan fingerprint density at radius 1 is 1.12 bits per heavy atom. The SMILES string of the molecule is Cc1ccc(C(=O)c2ccc(OCC3CO3)c(C(C)(C)C)c2)cc1. The van der Waals surface area contributed by atoms with Gasteiger partial charge in [0, 0.05) is 16.7 Å². The van der Waals surface area contributed by atoms with E-state index in [0.717, 1.165) is 23.5 Å². The first kappa shape index (κ1) is 16.7. The number of ketones is 1. The highest BCUT2D eigenvalue weighted by atomic mass is 16.6.